The summed E-state index contributed by atoms with van der Waals surface area (Å²) in [5, 5.41) is 0. The van der Waals surface area contributed by atoms with E-state index >= 15 is 0 Å². The van der Waals surface area contributed by atoms with Gasteiger partial charge in [0, 0.05) is 104 Å². The molecule has 0 radical (unpaired) electrons. The van der Waals surface area contributed by atoms with E-state index in [1.807, 2.05) is 173 Å². The molecule has 0 aliphatic carbocycles. The summed E-state index contributed by atoms with van der Waals surface area (Å²) < 4.78 is 0. The molecule has 0 saturated heterocycles. The predicted octanol–water partition coefficient (Wildman–Crippen LogP) is 7.00. The van der Waals surface area contributed by atoms with E-state index in [2.05, 4.69) is 19.9 Å². The zero-order valence-electron chi connectivity index (χ0n) is 30.0. The van der Waals surface area contributed by atoms with Crippen LogP contribution in [0.3, 0.4) is 0 Å². The molecule has 0 aromatic carbocycles. The third kappa shape index (κ3) is 9.47. The summed E-state index contributed by atoms with van der Waals surface area (Å²) in [6.45, 7) is 0. The smallest absolute Gasteiger partial charge is 0.0895 e. The van der Waals surface area contributed by atoms with Gasteiger partial charge in [0.15, 0.2) is 0 Å². The van der Waals surface area contributed by atoms with Gasteiger partial charge < -0.3 is 19.6 Å². The molecule has 10 nitrogen and oxygen atoms in total. The Morgan fingerprint density at radius 1 is 0.340 bits per heavy atom. The zero-order valence-corrected chi connectivity index (χ0v) is 30.0. The van der Waals surface area contributed by atoms with Crippen molar-refractivity contribution in [3.05, 3.63) is 119 Å². The van der Waals surface area contributed by atoms with Crippen LogP contribution in [0, 0.1) is 0 Å². The first-order valence-corrected chi connectivity index (χ1v) is 16.2. The van der Waals surface area contributed by atoms with E-state index in [9.17, 15) is 0 Å². The normalized spacial score (nSPS) is 11.7. The van der Waals surface area contributed by atoms with Crippen LogP contribution < -0.4 is 19.6 Å². The van der Waals surface area contributed by atoms with Gasteiger partial charge in [-0.05, 0) is 97.1 Å². The molecule has 254 valence electrons. The molecule has 5 aromatic heterocycles. The molecule has 5 aromatic rings. The molecule has 0 fully saturated rings. The number of anilines is 4. The number of hydrogen-bond donors (Lipinski definition) is 0. The molecule has 0 spiro atoms. The minimum Gasteiger partial charge on any atom is -0.378 e. The lowest BCUT2D eigenvalue weighted by molar-refractivity contribution is 1.11. The van der Waals surface area contributed by atoms with Crippen molar-refractivity contribution in [3.63, 3.8) is 0 Å². The molecular formula is C40H44N10. The van der Waals surface area contributed by atoms with Crippen LogP contribution in [0.5, 0.6) is 0 Å². The third-order valence-corrected chi connectivity index (χ3v) is 7.78. The molecular weight excluding hydrogens is 621 g/mol. The van der Waals surface area contributed by atoms with Crippen LogP contribution in [0.25, 0.3) is 48.6 Å². The molecule has 0 N–H and O–H groups in total. The number of nitrogens with zero attached hydrogens (tertiary/aromatic N) is 10. The maximum absolute atomic E-state index is 5.16. The van der Waals surface area contributed by atoms with E-state index in [1.165, 1.54) is 0 Å². The van der Waals surface area contributed by atoms with Crippen molar-refractivity contribution >= 4 is 71.4 Å². The molecule has 0 aliphatic heterocycles. The van der Waals surface area contributed by atoms with Gasteiger partial charge in [-0.15, -0.1) is 0 Å². The van der Waals surface area contributed by atoms with Gasteiger partial charge >= 0.3 is 0 Å². The second-order valence-electron chi connectivity index (χ2n) is 12.4. The van der Waals surface area contributed by atoms with Gasteiger partial charge in [0.25, 0.3) is 0 Å². The van der Waals surface area contributed by atoms with Gasteiger partial charge in [0.05, 0.1) is 45.6 Å². The Bertz CT molecular complexity index is 1750. The van der Waals surface area contributed by atoms with Crippen molar-refractivity contribution in [1.82, 2.24) is 29.9 Å². The Kier molecular flexibility index (Phi) is 11.5. The van der Waals surface area contributed by atoms with Crippen LogP contribution in [-0.2, 0) is 0 Å². The lowest BCUT2D eigenvalue weighted by atomic mass is 10.1. The highest BCUT2D eigenvalue weighted by Gasteiger charge is 2.10. The van der Waals surface area contributed by atoms with Crippen LogP contribution in [0.2, 0.25) is 0 Å². The van der Waals surface area contributed by atoms with E-state index in [4.69, 9.17) is 9.97 Å². The first kappa shape index (κ1) is 35.2. The van der Waals surface area contributed by atoms with Gasteiger partial charge in [0.1, 0.15) is 0 Å². The second kappa shape index (κ2) is 16.3. The standard InChI is InChI=1S/C40H44N10/c1-47(2)33-17-21-41-29(25-33)9-13-37-38(14-10-30-26-34(48(3)4)18-22-42-30)46-40(16-12-32-28-36(50(7)8)20-24-44-32)39(45-37)15-11-31-27-35(49(5)6)19-23-43-31/h9-28H,1-8H3. The van der Waals surface area contributed by atoms with Crippen molar-refractivity contribution < 1.29 is 0 Å². The summed E-state index contributed by atoms with van der Waals surface area (Å²) in [6, 6.07) is 16.1. The van der Waals surface area contributed by atoms with Crippen LogP contribution >= 0.6 is 0 Å². The van der Waals surface area contributed by atoms with Crippen LogP contribution in [0.1, 0.15) is 45.6 Å². The number of hydrogen-bond acceptors (Lipinski definition) is 10. The van der Waals surface area contributed by atoms with Gasteiger partial charge in [-0.25, -0.2) is 9.97 Å². The van der Waals surface area contributed by atoms with Crippen LogP contribution in [-0.4, -0.2) is 86.3 Å². The van der Waals surface area contributed by atoms with Crippen molar-refractivity contribution in [1.29, 1.82) is 0 Å². The largest absolute Gasteiger partial charge is 0.378 e. The van der Waals surface area contributed by atoms with Gasteiger partial charge in [-0.3, -0.25) is 19.9 Å². The first-order valence-electron chi connectivity index (χ1n) is 16.2. The lowest BCUT2D eigenvalue weighted by Gasteiger charge is -2.12. The average Bonchev–Trinajstić information content (AvgIpc) is 3.12. The number of pyridine rings is 4. The highest BCUT2D eigenvalue weighted by molar-refractivity contribution is 5.81. The summed E-state index contributed by atoms with van der Waals surface area (Å²) in [5.41, 5.74) is 10.2. The van der Waals surface area contributed by atoms with E-state index < -0.39 is 0 Å². The maximum atomic E-state index is 5.16. The summed E-state index contributed by atoms with van der Waals surface area (Å²) in [7, 11) is 16.1. The maximum Gasteiger partial charge on any atom is 0.0895 e. The third-order valence-electron chi connectivity index (χ3n) is 7.78. The molecule has 0 bridgehead atoms. The molecule has 0 aliphatic rings. The SMILES string of the molecule is CN(C)c1ccnc(C=Cc2nc(C=Cc3cc(N(C)C)ccn3)c(C=Cc3cc(N(C)C)ccn3)nc2C=Cc2cc(N(C)C)ccn2)c1. The fourth-order valence-corrected chi connectivity index (χ4v) is 4.86. The Morgan fingerprint density at radius 3 is 0.760 bits per heavy atom. The topological polar surface area (TPSA) is 90.3 Å². The molecule has 5 rings (SSSR count). The van der Waals surface area contributed by atoms with Crippen LogP contribution in [0.4, 0.5) is 22.7 Å². The summed E-state index contributed by atoms with van der Waals surface area (Å²) in [5.74, 6) is 0. The van der Waals surface area contributed by atoms with E-state index in [-0.39, 0.29) is 0 Å². The van der Waals surface area contributed by atoms with Crippen molar-refractivity contribution in [2.24, 2.45) is 0 Å². The average molecular weight is 665 g/mol. The van der Waals surface area contributed by atoms with E-state index in [1.54, 1.807) is 24.8 Å². The Hall–Kier alpha value is -6.16. The Balaban J connectivity index is 1.65. The van der Waals surface area contributed by atoms with Crippen molar-refractivity contribution in [2.45, 2.75) is 0 Å². The fourth-order valence-electron chi connectivity index (χ4n) is 4.86. The Morgan fingerprint density at radius 2 is 0.560 bits per heavy atom. The van der Waals surface area contributed by atoms with Gasteiger partial charge in [-0.1, -0.05) is 0 Å². The molecule has 0 atom stereocenters. The summed E-state index contributed by atoms with van der Waals surface area (Å²) in [4.78, 5) is 36.8. The number of rotatable bonds is 12. The minimum absolute atomic E-state index is 0.682. The second-order valence-corrected chi connectivity index (χ2v) is 12.4. The predicted molar refractivity (Wildman–Crippen MR) is 212 cm³/mol. The molecule has 10 heteroatoms. The van der Waals surface area contributed by atoms with Crippen molar-refractivity contribution in [3.8, 4) is 0 Å². The monoisotopic (exact) mass is 664 g/mol. The fraction of sp³-hybridized carbons (Fsp3) is 0.200. The highest BCUT2D eigenvalue weighted by Crippen LogP contribution is 2.22. The van der Waals surface area contributed by atoms with E-state index in [0.717, 1.165) is 45.5 Å². The molecule has 5 heterocycles. The van der Waals surface area contributed by atoms with E-state index in [0.29, 0.717) is 22.8 Å². The van der Waals surface area contributed by atoms with Crippen LogP contribution in [0.15, 0.2) is 73.3 Å². The Labute approximate surface area is 295 Å². The quantitative estimate of drug-likeness (QED) is 0.139. The lowest BCUT2D eigenvalue weighted by Crippen LogP contribution is -2.08. The number of aromatic nitrogens is 6. The van der Waals surface area contributed by atoms with Gasteiger partial charge in [-0.2, -0.15) is 0 Å². The highest BCUT2D eigenvalue weighted by atomic mass is 15.1. The zero-order chi connectivity index (χ0) is 35.6. The molecule has 0 amide bonds. The van der Waals surface area contributed by atoms with Gasteiger partial charge in [0.2, 0.25) is 0 Å². The summed E-state index contributed by atoms with van der Waals surface area (Å²) in [6.07, 6.45) is 22.9. The molecule has 0 unspecified atom stereocenters. The van der Waals surface area contributed by atoms with Crippen molar-refractivity contribution in [2.75, 3.05) is 76.0 Å². The first-order chi connectivity index (χ1) is 24.0. The minimum atomic E-state index is 0.682. The molecule has 0 saturated carbocycles. The summed E-state index contributed by atoms with van der Waals surface area (Å²) >= 11 is 0. The molecule has 50 heavy (non-hydrogen) atoms.